The second-order valence-electron chi connectivity index (χ2n) is 8.32. The summed E-state index contributed by atoms with van der Waals surface area (Å²) >= 11 is 0. The van der Waals surface area contributed by atoms with Gasteiger partial charge in [-0.25, -0.2) is 4.79 Å². The van der Waals surface area contributed by atoms with Crippen molar-refractivity contribution in [2.45, 2.75) is 65.1 Å². The van der Waals surface area contributed by atoms with E-state index >= 15 is 0 Å². The molecule has 29 heavy (non-hydrogen) atoms. The van der Waals surface area contributed by atoms with E-state index in [1.165, 1.54) is 0 Å². The Morgan fingerprint density at radius 1 is 1.21 bits per heavy atom. The first-order valence-electron chi connectivity index (χ1n) is 9.94. The number of aromatic nitrogens is 1. The molecule has 7 nitrogen and oxygen atoms in total. The Morgan fingerprint density at radius 2 is 1.90 bits per heavy atom. The van der Waals surface area contributed by atoms with Crippen molar-refractivity contribution >= 4 is 29.2 Å². The SMILES string of the molecule is CC[C@@H](C)[C@H](NC(=O)OC(C)(C)C)C(=O)N[C@@H](C=O)Cc1c[nH]c2ccccc12. The van der Waals surface area contributed by atoms with Gasteiger partial charge < -0.3 is 25.1 Å². The number of carbonyl (C=O) groups is 3. The van der Waals surface area contributed by atoms with E-state index < -0.39 is 29.7 Å². The van der Waals surface area contributed by atoms with Crippen LogP contribution in [-0.2, 0) is 20.7 Å². The predicted molar refractivity (Wildman–Crippen MR) is 113 cm³/mol. The molecule has 0 saturated carbocycles. The van der Waals surface area contributed by atoms with Crippen LogP contribution in [0.2, 0.25) is 0 Å². The van der Waals surface area contributed by atoms with Crippen molar-refractivity contribution in [1.82, 2.24) is 15.6 Å². The molecule has 0 aliphatic heterocycles. The summed E-state index contributed by atoms with van der Waals surface area (Å²) < 4.78 is 5.27. The van der Waals surface area contributed by atoms with Gasteiger partial charge in [-0.15, -0.1) is 0 Å². The fourth-order valence-corrected chi connectivity index (χ4v) is 3.08. The second-order valence-corrected chi connectivity index (χ2v) is 8.32. The minimum atomic E-state index is -0.791. The lowest BCUT2D eigenvalue weighted by molar-refractivity contribution is -0.126. The molecule has 0 aliphatic carbocycles. The van der Waals surface area contributed by atoms with Crippen LogP contribution in [0, 0.1) is 5.92 Å². The maximum absolute atomic E-state index is 12.9. The average molecular weight is 402 g/mol. The Labute approximate surface area is 171 Å². The predicted octanol–water partition coefficient (Wildman–Crippen LogP) is 3.33. The molecule has 2 rings (SSSR count). The Hall–Kier alpha value is -2.83. The van der Waals surface area contributed by atoms with Crippen molar-refractivity contribution in [3.63, 3.8) is 0 Å². The van der Waals surface area contributed by atoms with Crippen LogP contribution in [0.15, 0.2) is 30.5 Å². The quantitative estimate of drug-likeness (QED) is 0.591. The number of fused-ring (bicyclic) bond motifs is 1. The topological polar surface area (TPSA) is 100 Å². The highest BCUT2D eigenvalue weighted by Crippen LogP contribution is 2.19. The van der Waals surface area contributed by atoms with Crippen LogP contribution >= 0.6 is 0 Å². The fourth-order valence-electron chi connectivity index (χ4n) is 3.08. The molecule has 0 fully saturated rings. The molecule has 158 valence electrons. The number of hydrogen-bond acceptors (Lipinski definition) is 4. The first-order valence-corrected chi connectivity index (χ1v) is 9.94. The zero-order chi connectivity index (χ0) is 21.6. The number of ether oxygens (including phenoxy) is 1. The third-order valence-electron chi connectivity index (χ3n) is 4.77. The highest BCUT2D eigenvalue weighted by Gasteiger charge is 2.29. The van der Waals surface area contributed by atoms with Crippen LogP contribution in [0.1, 0.15) is 46.6 Å². The first-order chi connectivity index (χ1) is 13.6. The summed E-state index contributed by atoms with van der Waals surface area (Å²) in [5.74, 6) is -0.523. The number of aldehydes is 1. The summed E-state index contributed by atoms with van der Waals surface area (Å²) in [6.45, 7) is 9.08. The van der Waals surface area contributed by atoms with E-state index in [9.17, 15) is 14.4 Å². The molecule has 0 radical (unpaired) electrons. The molecule has 0 aliphatic rings. The zero-order valence-electron chi connectivity index (χ0n) is 17.7. The largest absolute Gasteiger partial charge is 0.444 e. The highest BCUT2D eigenvalue weighted by molar-refractivity contribution is 5.88. The van der Waals surface area contributed by atoms with Crippen LogP contribution in [0.4, 0.5) is 4.79 Å². The first kappa shape index (κ1) is 22.5. The monoisotopic (exact) mass is 401 g/mol. The van der Waals surface area contributed by atoms with E-state index in [2.05, 4.69) is 15.6 Å². The molecule has 3 N–H and O–H groups in total. The Kier molecular flexibility index (Phi) is 7.42. The molecule has 3 atom stereocenters. The average Bonchev–Trinajstić information content (AvgIpc) is 3.06. The molecule has 0 bridgehead atoms. The number of amides is 2. The highest BCUT2D eigenvalue weighted by atomic mass is 16.6. The number of alkyl carbamates (subject to hydrolysis) is 1. The van der Waals surface area contributed by atoms with E-state index in [1.54, 1.807) is 20.8 Å². The number of aromatic amines is 1. The van der Waals surface area contributed by atoms with Crippen LogP contribution in [0.3, 0.4) is 0 Å². The summed E-state index contributed by atoms with van der Waals surface area (Å²) in [5.41, 5.74) is 1.25. The fraction of sp³-hybridized carbons (Fsp3) is 0.500. The summed E-state index contributed by atoms with van der Waals surface area (Å²) in [6.07, 6.45) is 2.96. The normalized spacial score (nSPS) is 14.7. The zero-order valence-corrected chi connectivity index (χ0v) is 17.7. The van der Waals surface area contributed by atoms with Gasteiger partial charge in [-0.1, -0.05) is 38.5 Å². The molecule has 7 heteroatoms. The van der Waals surface area contributed by atoms with Gasteiger partial charge in [0.05, 0.1) is 6.04 Å². The second kappa shape index (κ2) is 9.58. The van der Waals surface area contributed by atoms with Gasteiger partial charge in [0.1, 0.15) is 17.9 Å². The van der Waals surface area contributed by atoms with E-state index in [-0.39, 0.29) is 5.92 Å². The molecule has 1 heterocycles. The van der Waals surface area contributed by atoms with Crippen LogP contribution in [-0.4, -0.2) is 41.0 Å². The van der Waals surface area contributed by atoms with Crippen molar-refractivity contribution in [2.75, 3.05) is 0 Å². The smallest absolute Gasteiger partial charge is 0.408 e. The molecular formula is C22H31N3O4. The number of carbonyl (C=O) groups excluding carboxylic acids is 3. The van der Waals surface area contributed by atoms with Gasteiger partial charge in [-0.05, 0) is 38.3 Å². The minimum Gasteiger partial charge on any atom is -0.444 e. The lowest BCUT2D eigenvalue weighted by Gasteiger charge is -2.27. The number of rotatable bonds is 8. The van der Waals surface area contributed by atoms with Gasteiger partial charge in [0.25, 0.3) is 0 Å². The standard InChI is InChI=1S/C22H31N3O4/c1-6-14(2)19(25-21(28)29-22(3,4)5)20(27)24-16(13-26)11-15-12-23-18-10-8-7-9-17(15)18/h7-10,12-14,16,19,23H,6,11H2,1-5H3,(H,24,27)(H,25,28)/t14-,16-,19+/m1/s1. The van der Waals surface area contributed by atoms with Gasteiger partial charge in [-0.3, -0.25) is 4.79 Å². The third-order valence-corrected chi connectivity index (χ3v) is 4.77. The minimum absolute atomic E-state index is 0.122. The Bertz CT molecular complexity index is 853. The van der Waals surface area contributed by atoms with Gasteiger partial charge in [0.15, 0.2) is 0 Å². The summed E-state index contributed by atoms with van der Waals surface area (Å²) in [6, 6.07) is 6.29. The molecular weight excluding hydrogens is 370 g/mol. The molecule has 2 aromatic rings. The summed E-state index contributed by atoms with van der Waals surface area (Å²) in [5, 5.41) is 6.42. The lowest BCUT2D eigenvalue weighted by atomic mass is 9.97. The van der Waals surface area contributed by atoms with Crippen molar-refractivity contribution in [3.8, 4) is 0 Å². The number of H-pyrrole nitrogens is 1. The van der Waals surface area contributed by atoms with Crippen molar-refractivity contribution < 1.29 is 19.1 Å². The van der Waals surface area contributed by atoms with E-state index in [0.717, 1.165) is 22.8 Å². The maximum atomic E-state index is 12.9. The number of benzene rings is 1. The van der Waals surface area contributed by atoms with Gasteiger partial charge in [-0.2, -0.15) is 0 Å². The van der Waals surface area contributed by atoms with Gasteiger partial charge in [0.2, 0.25) is 5.91 Å². The van der Waals surface area contributed by atoms with Crippen molar-refractivity contribution in [1.29, 1.82) is 0 Å². The molecule has 2 amide bonds. The number of nitrogens with one attached hydrogen (secondary N) is 3. The summed E-state index contributed by atoms with van der Waals surface area (Å²) in [4.78, 5) is 39.8. The molecule has 1 aromatic carbocycles. The van der Waals surface area contributed by atoms with Crippen molar-refractivity contribution in [2.24, 2.45) is 5.92 Å². The third kappa shape index (κ3) is 6.34. The van der Waals surface area contributed by atoms with Gasteiger partial charge in [0, 0.05) is 23.5 Å². The van der Waals surface area contributed by atoms with Crippen LogP contribution in [0.25, 0.3) is 10.9 Å². The van der Waals surface area contributed by atoms with Gasteiger partial charge >= 0.3 is 6.09 Å². The number of para-hydroxylation sites is 1. The van der Waals surface area contributed by atoms with Crippen molar-refractivity contribution in [3.05, 3.63) is 36.0 Å². The number of hydrogen-bond donors (Lipinski definition) is 3. The van der Waals surface area contributed by atoms with E-state index in [0.29, 0.717) is 12.8 Å². The summed E-state index contributed by atoms with van der Waals surface area (Å²) in [7, 11) is 0. The molecule has 0 unspecified atom stereocenters. The van der Waals surface area contributed by atoms with Crippen LogP contribution in [0.5, 0.6) is 0 Å². The molecule has 0 spiro atoms. The van der Waals surface area contributed by atoms with E-state index in [4.69, 9.17) is 4.74 Å². The molecule has 1 aromatic heterocycles. The van der Waals surface area contributed by atoms with Crippen LogP contribution < -0.4 is 10.6 Å². The lowest BCUT2D eigenvalue weighted by Crippen LogP contribution is -2.54. The maximum Gasteiger partial charge on any atom is 0.408 e. The Balaban J connectivity index is 2.09. The Morgan fingerprint density at radius 3 is 2.52 bits per heavy atom. The molecule has 0 saturated heterocycles. The van der Waals surface area contributed by atoms with E-state index in [1.807, 2.05) is 44.3 Å².